The zero-order valence-corrected chi connectivity index (χ0v) is 13.7. The SMILES string of the molecule is CC(N)COC(C)(C)CCCC(C)(C)OCC(C)N. The van der Waals surface area contributed by atoms with Crippen LogP contribution in [0.4, 0.5) is 0 Å². The molecule has 0 radical (unpaired) electrons. The van der Waals surface area contributed by atoms with E-state index in [1.807, 2.05) is 13.8 Å². The molecule has 0 aliphatic heterocycles. The fourth-order valence-corrected chi connectivity index (χ4v) is 1.80. The summed E-state index contributed by atoms with van der Waals surface area (Å²) < 4.78 is 11.6. The normalized spacial score (nSPS) is 16.4. The Balaban J connectivity index is 3.92. The highest BCUT2D eigenvalue weighted by Crippen LogP contribution is 2.23. The monoisotopic (exact) mass is 274 g/mol. The molecular formula is C15H34N2O2. The largest absolute Gasteiger partial charge is 0.374 e. The third-order valence-electron chi connectivity index (χ3n) is 3.03. The molecule has 0 fully saturated rings. The van der Waals surface area contributed by atoms with Crippen molar-refractivity contribution in [3.05, 3.63) is 0 Å². The second-order valence-electron chi connectivity index (χ2n) is 6.95. The minimum atomic E-state index is -0.120. The number of nitrogens with two attached hydrogens (primary N) is 2. The maximum absolute atomic E-state index is 5.82. The molecule has 0 spiro atoms. The van der Waals surface area contributed by atoms with Crippen LogP contribution in [-0.2, 0) is 9.47 Å². The molecule has 0 heterocycles. The average Bonchev–Trinajstić information content (AvgIpc) is 2.23. The zero-order chi connectivity index (χ0) is 15.1. The van der Waals surface area contributed by atoms with Crippen LogP contribution >= 0.6 is 0 Å². The number of rotatable bonds is 10. The van der Waals surface area contributed by atoms with Crippen LogP contribution in [0.5, 0.6) is 0 Å². The third kappa shape index (κ3) is 11.4. The molecule has 0 saturated carbocycles. The van der Waals surface area contributed by atoms with E-state index in [2.05, 4.69) is 27.7 Å². The molecule has 0 saturated heterocycles. The predicted molar refractivity (Wildman–Crippen MR) is 81.2 cm³/mol. The molecule has 116 valence electrons. The third-order valence-corrected chi connectivity index (χ3v) is 3.03. The minimum Gasteiger partial charge on any atom is -0.374 e. The quantitative estimate of drug-likeness (QED) is 0.642. The fraction of sp³-hybridized carbons (Fsp3) is 1.00. The van der Waals surface area contributed by atoms with Crippen molar-refractivity contribution in [2.75, 3.05) is 13.2 Å². The molecular weight excluding hydrogens is 240 g/mol. The van der Waals surface area contributed by atoms with Gasteiger partial charge in [-0.25, -0.2) is 0 Å². The first-order chi connectivity index (χ1) is 8.54. The van der Waals surface area contributed by atoms with E-state index in [1.54, 1.807) is 0 Å². The number of hydrogen-bond acceptors (Lipinski definition) is 4. The Morgan fingerprint density at radius 1 is 0.789 bits per heavy atom. The van der Waals surface area contributed by atoms with Crippen LogP contribution in [0.1, 0.15) is 60.8 Å². The van der Waals surface area contributed by atoms with Crippen LogP contribution in [0.3, 0.4) is 0 Å². The summed E-state index contributed by atoms with van der Waals surface area (Å²) in [5, 5.41) is 0. The van der Waals surface area contributed by atoms with Gasteiger partial charge in [-0.05, 0) is 60.8 Å². The molecule has 4 nitrogen and oxygen atoms in total. The van der Waals surface area contributed by atoms with Crippen LogP contribution in [0.25, 0.3) is 0 Å². The van der Waals surface area contributed by atoms with Crippen molar-refractivity contribution in [2.45, 2.75) is 84.1 Å². The summed E-state index contributed by atoms with van der Waals surface area (Å²) in [5.74, 6) is 0. The van der Waals surface area contributed by atoms with E-state index in [-0.39, 0.29) is 23.3 Å². The maximum Gasteiger partial charge on any atom is 0.0627 e. The Labute approximate surface area is 119 Å². The Hall–Kier alpha value is -0.160. The van der Waals surface area contributed by atoms with Crippen LogP contribution in [0.2, 0.25) is 0 Å². The Morgan fingerprint density at radius 3 is 1.37 bits per heavy atom. The lowest BCUT2D eigenvalue weighted by molar-refractivity contribution is -0.0483. The molecule has 0 aromatic carbocycles. The van der Waals surface area contributed by atoms with E-state index in [0.29, 0.717) is 13.2 Å². The molecule has 4 N–H and O–H groups in total. The molecule has 0 aliphatic carbocycles. The molecule has 2 atom stereocenters. The highest BCUT2D eigenvalue weighted by atomic mass is 16.5. The highest BCUT2D eigenvalue weighted by molar-refractivity contribution is 4.75. The van der Waals surface area contributed by atoms with Gasteiger partial charge in [-0.3, -0.25) is 0 Å². The van der Waals surface area contributed by atoms with E-state index in [1.165, 1.54) is 0 Å². The van der Waals surface area contributed by atoms with Crippen LogP contribution in [-0.4, -0.2) is 36.5 Å². The first kappa shape index (κ1) is 18.8. The van der Waals surface area contributed by atoms with E-state index < -0.39 is 0 Å². The van der Waals surface area contributed by atoms with Gasteiger partial charge in [0.1, 0.15) is 0 Å². The van der Waals surface area contributed by atoms with Gasteiger partial charge < -0.3 is 20.9 Å². The molecule has 0 aromatic rings. The van der Waals surface area contributed by atoms with Crippen LogP contribution in [0, 0.1) is 0 Å². The van der Waals surface area contributed by atoms with Gasteiger partial charge in [-0.1, -0.05) is 0 Å². The van der Waals surface area contributed by atoms with Gasteiger partial charge in [0.2, 0.25) is 0 Å². The predicted octanol–water partition coefficient (Wildman–Crippen LogP) is 2.44. The summed E-state index contributed by atoms with van der Waals surface area (Å²) in [4.78, 5) is 0. The van der Waals surface area contributed by atoms with Crippen molar-refractivity contribution < 1.29 is 9.47 Å². The van der Waals surface area contributed by atoms with Crippen molar-refractivity contribution in [2.24, 2.45) is 11.5 Å². The molecule has 0 rings (SSSR count). The van der Waals surface area contributed by atoms with Crippen molar-refractivity contribution in [1.82, 2.24) is 0 Å². The second kappa shape index (κ2) is 8.20. The topological polar surface area (TPSA) is 70.5 Å². The van der Waals surface area contributed by atoms with Gasteiger partial charge in [0.05, 0.1) is 24.4 Å². The van der Waals surface area contributed by atoms with Crippen LogP contribution in [0.15, 0.2) is 0 Å². The van der Waals surface area contributed by atoms with Gasteiger partial charge in [-0.15, -0.1) is 0 Å². The molecule has 0 aliphatic rings. The van der Waals surface area contributed by atoms with Gasteiger partial charge >= 0.3 is 0 Å². The lowest BCUT2D eigenvalue weighted by atomic mass is 9.95. The number of ether oxygens (including phenoxy) is 2. The van der Waals surface area contributed by atoms with Crippen molar-refractivity contribution in [1.29, 1.82) is 0 Å². The molecule has 4 heteroatoms. The lowest BCUT2D eigenvalue weighted by Crippen LogP contribution is -2.34. The molecule has 2 unspecified atom stereocenters. The zero-order valence-electron chi connectivity index (χ0n) is 13.7. The van der Waals surface area contributed by atoms with E-state index >= 15 is 0 Å². The summed E-state index contributed by atoms with van der Waals surface area (Å²) in [6.45, 7) is 13.6. The summed E-state index contributed by atoms with van der Waals surface area (Å²) >= 11 is 0. The first-order valence-electron chi connectivity index (χ1n) is 7.33. The minimum absolute atomic E-state index is 0.0880. The summed E-state index contributed by atoms with van der Waals surface area (Å²) in [5.41, 5.74) is 11.2. The maximum atomic E-state index is 5.82. The Bertz CT molecular complexity index is 214. The second-order valence-corrected chi connectivity index (χ2v) is 6.95. The van der Waals surface area contributed by atoms with Gasteiger partial charge in [0, 0.05) is 12.1 Å². The first-order valence-corrected chi connectivity index (χ1v) is 7.33. The Kier molecular flexibility index (Phi) is 8.13. The highest BCUT2D eigenvalue weighted by Gasteiger charge is 2.23. The average molecular weight is 274 g/mol. The molecule has 0 amide bonds. The van der Waals surface area contributed by atoms with Crippen molar-refractivity contribution in [3.8, 4) is 0 Å². The molecule has 0 aromatic heterocycles. The molecule has 0 bridgehead atoms. The van der Waals surface area contributed by atoms with Gasteiger partial charge in [-0.2, -0.15) is 0 Å². The van der Waals surface area contributed by atoms with Crippen molar-refractivity contribution >= 4 is 0 Å². The Morgan fingerprint density at radius 2 is 1.11 bits per heavy atom. The number of hydrogen-bond donors (Lipinski definition) is 2. The lowest BCUT2D eigenvalue weighted by Gasteiger charge is -2.30. The summed E-state index contributed by atoms with van der Waals surface area (Å²) in [7, 11) is 0. The van der Waals surface area contributed by atoms with E-state index in [0.717, 1.165) is 19.3 Å². The summed E-state index contributed by atoms with van der Waals surface area (Å²) in [6, 6.07) is 0.176. The molecule has 19 heavy (non-hydrogen) atoms. The van der Waals surface area contributed by atoms with Crippen LogP contribution < -0.4 is 11.5 Å². The summed E-state index contributed by atoms with van der Waals surface area (Å²) in [6.07, 6.45) is 3.08. The van der Waals surface area contributed by atoms with E-state index in [9.17, 15) is 0 Å². The van der Waals surface area contributed by atoms with Gasteiger partial charge in [0.15, 0.2) is 0 Å². The smallest absolute Gasteiger partial charge is 0.0627 e. The van der Waals surface area contributed by atoms with Gasteiger partial charge in [0.25, 0.3) is 0 Å². The fourth-order valence-electron chi connectivity index (χ4n) is 1.80. The standard InChI is InChI=1S/C15H34N2O2/c1-12(16)10-18-14(3,4)8-7-9-15(5,6)19-11-13(2)17/h12-13H,7-11,16-17H2,1-6H3. The van der Waals surface area contributed by atoms with Crippen molar-refractivity contribution in [3.63, 3.8) is 0 Å². The van der Waals surface area contributed by atoms with E-state index in [4.69, 9.17) is 20.9 Å².